The lowest BCUT2D eigenvalue weighted by Gasteiger charge is -2.10. The van der Waals surface area contributed by atoms with Gasteiger partial charge in [0.1, 0.15) is 0 Å². The van der Waals surface area contributed by atoms with E-state index in [9.17, 15) is 4.79 Å². The fraction of sp³-hybridized carbons (Fsp3) is 0.375. The first-order valence-corrected chi connectivity index (χ1v) is 7.18. The summed E-state index contributed by atoms with van der Waals surface area (Å²) in [7, 11) is 1.40. The molecule has 2 aromatic rings. The maximum absolute atomic E-state index is 11.8. The van der Waals surface area contributed by atoms with Crippen LogP contribution in [0, 0.1) is 13.8 Å². The van der Waals surface area contributed by atoms with E-state index in [1.807, 2.05) is 49.7 Å². The number of benzene rings is 1. The molecule has 21 heavy (non-hydrogen) atoms. The Morgan fingerprint density at radius 2 is 2.14 bits per heavy atom. The van der Waals surface area contributed by atoms with Crippen LogP contribution >= 0.6 is 11.6 Å². The Hall–Kier alpha value is -1.81. The maximum atomic E-state index is 11.8. The van der Waals surface area contributed by atoms with E-state index >= 15 is 0 Å². The van der Waals surface area contributed by atoms with Gasteiger partial charge in [0.25, 0.3) is 0 Å². The molecule has 2 rings (SSSR count). The number of aromatic nitrogens is 2. The average molecular weight is 307 g/mol. The lowest BCUT2D eigenvalue weighted by molar-refractivity contribution is -0.142. The number of rotatable bonds is 4. The van der Waals surface area contributed by atoms with Crippen LogP contribution in [0.15, 0.2) is 24.3 Å². The largest absolute Gasteiger partial charge is 0.469 e. The number of aryl methyl sites for hydroxylation is 1. The van der Waals surface area contributed by atoms with Crippen LogP contribution in [-0.2, 0) is 16.1 Å². The summed E-state index contributed by atoms with van der Waals surface area (Å²) in [4.78, 5) is 11.8. The Bertz CT molecular complexity index is 664. The molecule has 0 saturated heterocycles. The van der Waals surface area contributed by atoms with Crippen molar-refractivity contribution in [2.45, 2.75) is 33.2 Å². The number of hydrogen-bond donors (Lipinski definition) is 0. The lowest BCUT2D eigenvalue weighted by atomic mass is 9.99. The van der Waals surface area contributed by atoms with Crippen molar-refractivity contribution in [1.29, 1.82) is 0 Å². The maximum Gasteiger partial charge on any atom is 0.312 e. The van der Waals surface area contributed by atoms with E-state index in [2.05, 4.69) is 5.10 Å². The Morgan fingerprint density at radius 3 is 2.76 bits per heavy atom. The van der Waals surface area contributed by atoms with Gasteiger partial charge in [-0.25, -0.2) is 0 Å². The van der Waals surface area contributed by atoms with Gasteiger partial charge in [-0.1, -0.05) is 23.7 Å². The predicted molar refractivity (Wildman–Crippen MR) is 82.7 cm³/mol. The zero-order valence-corrected chi connectivity index (χ0v) is 13.4. The molecule has 1 atom stereocenters. The van der Waals surface area contributed by atoms with Crippen molar-refractivity contribution in [3.63, 3.8) is 0 Å². The Labute approximate surface area is 129 Å². The number of nitrogens with zero attached hydrogens (tertiary/aromatic N) is 2. The number of halogens is 1. The molecule has 1 heterocycles. The highest BCUT2D eigenvalue weighted by Gasteiger charge is 2.23. The second kappa shape index (κ2) is 6.31. The lowest BCUT2D eigenvalue weighted by Crippen LogP contribution is -2.13. The molecule has 0 bridgehead atoms. The first-order valence-electron chi connectivity index (χ1n) is 6.80. The average Bonchev–Trinajstić information content (AvgIpc) is 2.72. The summed E-state index contributed by atoms with van der Waals surface area (Å²) in [6.45, 7) is 6.35. The fourth-order valence-corrected chi connectivity index (χ4v) is 2.81. The molecular formula is C16H19ClN2O2. The van der Waals surface area contributed by atoms with Crippen LogP contribution in [0.3, 0.4) is 0 Å². The van der Waals surface area contributed by atoms with Crippen molar-refractivity contribution in [3.8, 4) is 0 Å². The van der Waals surface area contributed by atoms with Gasteiger partial charge >= 0.3 is 5.97 Å². The summed E-state index contributed by atoms with van der Waals surface area (Å²) in [5, 5.41) is 5.24. The molecule has 0 radical (unpaired) electrons. The zero-order chi connectivity index (χ0) is 15.6. The van der Waals surface area contributed by atoms with Gasteiger partial charge in [-0.2, -0.15) is 5.10 Å². The third-order valence-electron chi connectivity index (χ3n) is 3.65. The number of carbonyl (C=O) groups excluding carboxylic acids is 1. The molecule has 0 N–H and O–H groups in total. The zero-order valence-electron chi connectivity index (χ0n) is 12.7. The minimum Gasteiger partial charge on any atom is -0.469 e. The van der Waals surface area contributed by atoms with Crippen LogP contribution in [-0.4, -0.2) is 22.9 Å². The summed E-state index contributed by atoms with van der Waals surface area (Å²) in [5.74, 6) is -0.563. The number of methoxy groups -OCH3 is 1. The van der Waals surface area contributed by atoms with Crippen LogP contribution < -0.4 is 0 Å². The van der Waals surface area contributed by atoms with E-state index in [-0.39, 0.29) is 11.9 Å². The minimum atomic E-state index is -0.317. The number of hydrogen-bond acceptors (Lipinski definition) is 3. The molecule has 1 aromatic carbocycles. The highest BCUT2D eigenvalue weighted by atomic mass is 35.5. The first kappa shape index (κ1) is 15.6. The van der Waals surface area contributed by atoms with Gasteiger partial charge in [0.05, 0.1) is 25.3 Å². The van der Waals surface area contributed by atoms with Crippen LogP contribution in [0.4, 0.5) is 0 Å². The van der Waals surface area contributed by atoms with Gasteiger partial charge in [0, 0.05) is 16.3 Å². The van der Waals surface area contributed by atoms with Crippen molar-refractivity contribution < 1.29 is 9.53 Å². The van der Waals surface area contributed by atoms with Gasteiger partial charge < -0.3 is 4.74 Å². The van der Waals surface area contributed by atoms with Gasteiger partial charge in [0.15, 0.2) is 0 Å². The van der Waals surface area contributed by atoms with Crippen molar-refractivity contribution in [3.05, 3.63) is 51.8 Å². The molecule has 0 aliphatic heterocycles. The summed E-state index contributed by atoms with van der Waals surface area (Å²) in [6, 6.07) is 7.69. The van der Waals surface area contributed by atoms with Gasteiger partial charge in [-0.15, -0.1) is 0 Å². The van der Waals surface area contributed by atoms with Gasteiger partial charge in [-0.05, 0) is 38.5 Å². The van der Waals surface area contributed by atoms with E-state index in [0.29, 0.717) is 11.6 Å². The highest BCUT2D eigenvalue weighted by molar-refractivity contribution is 6.30. The molecule has 0 fully saturated rings. The van der Waals surface area contributed by atoms with E-state index in [1.165, 1.54) is 7.11 Å². The van der Waals surface area contributed by atoms with Crippen molar-refractivity contribution in [2.24, 2.45) is 0 Å². The van der Waals surface area contributed by atoms with Crippen LogP contribution in [0.25, 0.3) is 0 Å². The summed E-state index contributed by atoms with van der Waals surface area (Å²) < 4.78 is 6.72. The molecular weight excluding hydrogens is 288 g/mol. The predicted octanol–water partition coefficient (Wildman–Crippen LogP) is 3.48. The highest BCUT2D eigenvalue weighted by Crippen LogP contribution is 2.25. The van der Waals surface area contributed by atoms with Crippen molar-refractivity contribution in [1.82, 2.24) is 9.78 Å². The first-order chi connectivity index (χ1) is 9.93. The standard InChI is InChI=1S/C16H19ClN2O2/c1-10(16(20)21-4)15-11(2)18-19(12(15)3)9-13-6-5-7-14(17)8-13/h5-8,10H,9H2,1-4H3. The molecule has 0 amide bonds. The van der Waals surface area contributed by atoms with E-state index in [4.69, 9.17) is 16.3 Å². The van der Waals surface area contributed by atoms with Gasteiger partial charge in [0.2, 0.25) is 0 Å². The second-order valence-corrected chi connectivity index (χ2v) is 5.55. The molecule has 0 saturated carbocycles. The molecule has 0 aliphatic carbocycles. The van der Waals surface area contributed by atoms with E-state index in [0.717, 1.165) is 22.5 Å². The molecule has 0 aliphatic rings. The van der Waals surface area contributed by atoms with Gasteiger partial charge in [-0.3, -0.25) is 9.48 Å². The quantitative estimate of drug-likeness (QED) is 0.812. The molecule has 4 nitrogen and oxygen atoms in total. The molecule has 1 aromatic heterocycles. The Morgan fingerprint density at radius 1 is 1.43 bits per heavy atom. The number of carbonyl (C=O) groups is 1. The third kappa shape index (κ3) is 3.27. The SMILES string of the molecule is COC(=O)C(C)c1c(C)nn(Cc2cccc(Cl)c2)c1C. The van der Waals surface area contributed by atoms with E-state index < -0.39 is 0 Å². The molecule has 1 unspecified atom stereocenters. The number of ether oxygens (including phenoxy) is 1. The topological polar surface area (TPSA) is 44.1 Å². The smallest absolute Gasteiger partial charge is 0.312 e. The summed E-state index contributed by atoms with van der Waals surface area (Å²) in [5.41, 5.74) is 3.84. The van der Waals surface area contributed by atoms with Crippen molar-refractivity contribution >= 4 is 17.6 Å². The normalized spacial score (nSPS) is 12.2. The third-order valence-corrected chi connectivity index (χ3v) is 3.88. The van der Waals surface area contributed by atoms with Crippen LogP contribution in [0.1, 0.15) is 35.4 Å². The van der Waals surface area contributed by atoms with Crippen molar-refractivity contribution in [2.75, 3.05) is 7.11 Å². The Balaban J connectivity index is 2.33. The fourth-order valence-electron chi connectivity index (χ4n) is 2.59. The van der Waals surface area contributed by atoms with Crippen LogP contribution in [0.2, 0.25) is 5.02 Å². The molecule has 5 heteroatoms. The number of esters is 1. The van der Waals surface area contributed by atoms with Crippen LogP contribution in [0.5, 0.6) is 0 Å². The molecule has 0 spiro atoms. The summed E-state index contributed by atoms with van der Waals surface area (Å²) >= 11 is 6.01. The summed E-state index contributed by atoms with van der Waals surface area (Å²) in [6.07, 6.45) is 0. The minimum absolute atomic E-state index is 0.247. The monoisotopic (exact) mass is 306 g/mol. The van der Waals surface area contributed by atoms with E-state index in [1.54, 1.807) is 0 Å². The Kier molecular flexibility index (Phi) is 4.68. The molecule has 112 valence electrons. The second-order valence-electron chi connectivity index (χ2n) is 5.12.